The molecule has 1 aromatic rings. The normalized spacial score (nSPS) is 10.6. The van der Waals surface area contributed by atoms with Crippen molar-refractivity contribution in [2.24, 2.45) is 0 Å². The van der Waals surface area contributed by atoms with Crippen LogP contribution < -0.4 is 5.32 Å². The molecule has 0 heterocycles. The minimum absolute atomic E-state index is 0.511. The van der Waals surface area contributed by atoms with E-state index in [9.17, 15) is 4.79 Å². The van der Waals surface area contributed by atoms with E-state index in [-0.39, 0.29) is 0 Å². The topological polar surface area (TPSA) is 38.3 Å². The molecular formula is C28H43NO2. The summed E-state index contributed by atoms with van der Waals surface area (Å²) in [5, 5.41) is 3.44. The molecule has 0 saturated heterocycles. The zero-order valence-corrected chi connectivity index (χ0v) is 19.9. The van der Waals surface area contributed by atoms with E-state index in [0.717, 1.165) is 24.2 Å². The highest BCUT2D eigenvalue weighted by molar-refractivity contribution is 5.89. The van der Waals surface area contributed by atoms with Crippen LogP contribution in [0.2, 0.25) is 0 Å². The van der Waals surface area contributed by atoms with E-state index < -0.39 is 5.97 Å². The van der Waals surface area contributed by atoms with Gasteiger partial charge in [0, 0.05) is 23.7 Å². The maximum atomic E-state index is 11.2. The van der Waals surface area contributed by atoms with Crippen LogP contribution in [0.5, 0.6) is 0 Å². The van der Waals surface area contributed by atoms with Gasteiger partial charge in [-0.1, -0.05) is 94.9 Å². The summed E-state index contributed by atoms with van der Waals surface area (Å²) in [6, 6.07) is 7.83. The van der Waals surface area contributed by atoms with Gasteiger partial charge in [-0.2, -0.15) is 0 Å². The van der Waals surface area contributed by atoms with Crippen molar-refractivity contribution in [3.63, 3.8) is 0 Å². The maximum absolute atomic E-state index is 11.2. The molecule has 0 bridgehead atoms. The molecule has 3 heteroatoms. The lowest BCUT2D eigenvalue weighted by Crippen LogP contribution is -2.03. The van der Waals surface area contributed by atoms with E-state index >= 15 is 0 Å². The van der Waals surface area contributed by atoms with Gasteiger partial charge in [0.05, 0.1) is 7.11 Å². The Bertz CT molecular complexity index is 669. The van der Waals surface area contributed by atoms with Crippen molar-refractivity contribution in [2.75, 3.05) is 19.0 Å². The van der Waals surface area contributed by atoms with Crippen molar-refractivity contribution in [1.29, 1.82) is 0 Å². The molecule has 0 aromatic heterocycles. The second-order valence-electron chi connectivity index (χ2n) is 8.15. The van der Waals surface area contributed by atoms with E-state index in [1.807, 2.05) is 24.3 Å². The zero-order chi connectivity index (χ0) is 22.4. The Morgan fingerprint density at radius 1 is 0.871 bits per heavy atom. The van der Waals surface area contributed by atoms with Gasteiger partial charge in [0.25, 0.3) is 0 Å². The smallest absolute Gasteiger partial charge is 0.384 e. The quantitative estimate of drug-likeness (QED) is 0.120. The summed E-state index contributed by atoms with van der Waals surface area (Å²) in [6.07, 6.45) is 23.2. The van der Waals surface area contributed by atoms with Gasteiger partial charge in [0.2, 0.25) is 0 Å². The van der Waals surface area contributed by atoms with Crippen molar-refractivity contribution < 1.29 is 9.53 Å². The van der Waals surface area contributed by atoms with Crippen LogP contribution in [-0.2, 0) is 9.53 Å². The summed E-state index contributed by atoms with van der Waals surface area (Å²) >= 11 is 0. The molecule has 0 fully saturated rings. The highest BCUT2D eigenvalue weighted by Crippen LogP contribution is 2.14. The van der Waals surface area contributed by atoms with Crippen LogP contribution in [0, 0.1) is 11.8 Å². The number of para-hydroxylation sites is 1. The average Bonchev–Trinajstić information content (AvgIpc) is 2.80. The molecule has 1 rings (SSSR count). The summed E-state index contributed by atoms with van der Waals surface area (Å²) < 4.78 is 4.57. The number of carbonyl (C=O) groups is 1. The fraction of sp³-hybridized carbons (Fsp3) is 0.607. The lowest BCUT2D eigenvalue weighted by molar-refractivity contribution is -0.133. The van der Waals surface area contributed by atoms with Gasteiger partial charge in [-0.05, 0) is 44.2 Å². The molecule has 0 aliphatic carbocycles. The Morgan fingerprint density at radius 2 is 1.45 bits per heavy atom. The van der Waals surface area contributed by atoms with Gasteiger partial charge < -0.3 is 10.1 Å². The predicted molar refractivity (Wildman–Crippen MR) is 133 cm³/mol. The molecule has 172 valence electrons. The molecule has 0 unspecified atom stereocenters. The van der Waals surface area contributed by atoms with Crippen LogP contribution in [0.15, 0.2) is 36.4 Å². The predicted octanol–water partition coefficient (Wildman–Crippen LogP) is 7.66. The third-order valence-corrected chi connectivity index (χ3v) is 5.42. The number of ether oxygens (including phenoxy) is 1. The number of benzene rings is 1. The van der Waals surface area contributed by atoms with Crippen molar-refractivity contribution in [2.45, 2.75) is 96.8 Å². The Balaban J connectivity index is 1.99. The molecule has 0 radical (unpaired) electrons. The molecule has 1 aromatic carbocycles. The largest absolute Gasteiger partial charge is 0.459 e. The molecule has 31 heavy (non-hydrogen) atoms. The number of anilines is 1. The number of hydrogen-bond acceptors (Lipinski definition) is 3. The van der Waals surface area contributed by atoms with Crippen LogP contribution >= 0.6 is 0 Å². The summed E-state index contributed by atoms with van der Waals surface area (Å²) in [7, 11) is 1.34. The fourth-order valence-corrected chi connectivity index (χ4v) is 3.51. The van der Waals surface area contributed by atoms with Gasteiger partial charge in [-0.25, -0.2) is 4.79 Å². The standard InChI is InChI=1S/C28H43NO2/c1-3-4-5-6-7-8-9-10-11-12-13-14-15-16-17-20-25-29-27-22-19-18-21-26(27)23-24-28(30)31-2/h10-11,18-19,21-22,29H,3-9,12-17,20,25H2,1-2H3. The highest BCUT2D eigenvalue weighted by Gasteiger charge is 1.99. The Morgan fingerprint density at radius 3 is 2.10 bits per heavy atom. The van der Waals surface area contributed by atoms with Gasteiger partial charge in [0.15, 0.2) is 0 Å². The lowest BCUT2D eigenvalue weighted by Gasteiger charge is -2.08. The molecule has 0 spiro atoms. The van der Waals surface area contributed by atoms with Crippen LogP contribution in [0.1, 0.15) is 102 Å². The van der Waals surface area contributed by atoms with Gasteiger partial charge in [0.1, 0.15) is 0 Å². The lowest BCUT2D eigenvalue weighted by atomic mass is 10.1. The van der Waals surface area contributed by atoms with Crippen LogP contribution in [0.4, 0.5) is 5.69 Å². The Kier molecular flexibility index (Phi) is 17.1. The first-order valence-corrected chi connectivity index (χ1v) is 12.4. The maximum Gasteiger partial charge on any atom is 0.384 e. The van der Waals surface area contributed by atoms with Crippen LogP contribution in [0.25, 0.3) is 0 Å². The van der Waals surface area contributed by atoms with Crippen molar-refractivity contribution >= 4 is 11.7 Å². The SMILES string of the molecule is CCCCCCCCC=CCCCCCCCCNc1ccccc1C#CC(=O)OC. The number of methoxy groups -OCH3 is 1. The molecule has 0 aliphatic rings. The van der Waals surface area contributed by atoms with E-state index in [1.54, 1.807) is 0 Å². The fourth-order valence-electron chi connectivity index (χ4n) is 3.51. The molecule has 0 saturated carbocycles. The Hall–Kier alpha value is -2.21. The first-order chi connectivity index (χ1) is 15.3. The van der Waals surface area contributed by atoms with E-state index in [2.05, 4.69) is 41.0 Å². The summed E-state index contributed by atoms with van der Waals surface area (Å²) in [6.45, 7) is 3.20. The molecule has 0 aliphatic heterocycles. The van der Waals surface area contributed by atoms with Crippen molar-refractivity contribution in [3.8, 4) is 11.8 Å². The average molecular weight is 426 g/mol. The minimum Gasteiger partial charge on any atom is -0.459 e. The van der Waals surface area contributed by atoms with Crippen LogP contribution in [0.3, 0.4) is 0 Å². The number of hydrogen-bond donors (Lipinski definition) is 1. The number of nitrogens with one attached hydrogen (secondary N) is 1. The summed E-state index contributed by atoms with van der Waals surface area (Å²) in [5.41, 5.74) is 1.81. The van der Waals surface area contributed by atoms with Crippen molar-refractivity contribution in [3.05, 3.63) is 42.0 Å². The molecule has 1 N–H and O–H groups in total. The number of carbonyl (C=O) groups excluding carboxylic acids is 1. The molecular weight excluding hydrogens is 382 g/mol. The van der Waals surface area contributed by atoms with Gasteiger partial charge in [-0.15, -0.1) is 0 Å². The second-order valence-corrected chi connectivity index (χ2v) is 8.15. The third-order valence-electron chi connectivity index (χ3n) is 5.42. The minimum atomic E-state index is -0.511. The van der Waals surface area contributed by atoms with Crippen molar-refractivity contribution in [1.82, 2.24) is 0 Å². The third kappa shape index (κ3) is 15.3. The van der Waals surface area contributed by atoms with E-state index in [0.29, 0.717) is 0 Å². The van der Waals surface area contributed by atoms with E-state index in [1.165, 1.54) is 90.6 Å². The summed E-state index contributed by atoms with van der Waals surface area (Å²) in [4.78, 5) is 11.2. The number of esters is 1. The number of unbranched alkanes of at least 4 members (excludes halogenated alkanes) is 12. The second kappa shape index (κ2) is 19.7. The summed E-state index contributed by atoms with van der Waals surface area (Å²) in [5.74, 6) is 4.86. The molecule has 3 nitrogen and oxygen atoms in total. The van der Waals surface area contributed by atoms with Gasteiger partial charge >= 0.3 is 5.97 Å². The molecule has 0 atom stereocenters. The molecule has 0 amide bonds. The monoisotopic (exact) mass is 425 g/mol. The Labute approximate surface area is 191 Å². The number of rotatable bonds is 17. The zero-order valence-electron chi connectivity index (χ0n) is 19.9. The van der Waals surface area contributed by atoms with Crippen LogP contribution in [-0.4, -0.2) is 19.6 Å². The first kappa shape index (κ1) is 26.8. The first-order valence-electron chi connectivity index (χ1n) is 12.4. The van der Waals surface area contributed by atoms with E-state index in [4.69, 9.17) is 0 Å². The van der Waals surface area contributed by atoms with Gasteiger partial charge in [-0.3, -0.25) is 0 Å². The number of allylic oxidation sites excluding steroid dienone is 2. The highest BCUT2D eigenvalue weighted by atomic mass is 16.5.